The molecule has 1 rings (SSSR count). The van der Waals surface area contributed by atoms with E-state index in [1.165, 1.54) is 5.56 Å². The van der Waals surface area contributed by atoms with Crippen LogP contribution in [0.1, 0.15) is 24.9 Å². The molecule has 0 aromatic carbocycles. The van der Waals surface area contributed by atoms with E-state index in [0.29, 0.717) is 13.0 Å². The number of nitrogens with zero attached hydrogens (tertiary/aromatic N) is 1. The standard InChI is InChI=1S/C11H17N3O/c1-9(10-3-6-13-7-4-10)14-8-5-11(15)12-2/h3-4,6-7,9,14H,5,8H2,1-2H3,(H,12,15). The summed E-state index contributed by atoms with van der Waals surface area (Å²) in [7, 11) is 1.65. The Hall–Kier alpha value is -1.42. The molecule has 1 atom stereocenters. The second kappa shape index (κ2) is 6.14. The topological polar surface area (TPSA) is 54.0 Å². The van der Waals surface area contributed by atoms with Crippen LogP contribution in [0.5, 0.6) is 0 Å². The lowest BCUT2D eigenvalue weighted by Gasteiger charge is -2.13. The molecule has 0 radical (unpaired) electrons. The van der Waals surface area contributed by atoms with Gasteiger partial charge in [0, 0.05) is 38.4 Å². The number of hydrogen-bond acceptors (Lipinski definition) is 3. The molecule has 4 nitrogen and oxygen atoms in total. The van der Waals surface area contributed by atoms with Gasteiger partial charge in [-0.2, -0.15) is 0 Å². The van der Waals surface area contributed by atoms with Crippen LogP contribution >= 0.6 is 0 Å². The van der Waals surface area contributed by atoms with Crippen molar-refractivity contribution in [2.75, 3.05) is 13.6 Å². The summed E-state index contributed by atoms with van der Waals surface area (Å²) in [6, 6.07) is 4.19. The number of rotatable bonds is 5. The number of aromatic nitrogens is 1. The minimum absolute atomic E-state index is 0.0597. The Bertz CT molecular complexity index is 300. The Kier molecular flexibility index (Phi) is 4.77. The molecule has 0 spiro atoms. The maximum atomic E-state index is 11.0. The molecule has 82 valence electrons. The fourth-order valence-electron chi connectivity index (χ4n) is 1.30. The van der Waals surface area contributed by atoms with E-state index in [2.05, 4.69) is 22.5 Å². The first-order chi connectivity index (χ1) is 7.24. The van der Waals surface area contributed by atoms with E-state index in [9.17, 15) is 4.79 Å². The van der Waals surface area contributed by atoms with Gasteiger partial charge < -0.3 is 10.6 Å². The van der Waals surface area contributed by atoms with Crippen LogP contribution < -0.4 is 10.6 Å². The van der Waals surface area contributed by atoms with Crippen molar-refractivity contribution in [1.29, 1.82) is 0 Å². The van der Waals surface area contributed by atoms with Gasteiger partial charge in [0.05, 0.1) is 0 Å². The summed E-state index contributed by atoms with van der Waals surface area (Å²) in [4.78, 5) is 14.9. The first-order valence-corrected chi connectivity index (χ1v) is 5.08. The monoisotopic (exact) mass is 207 g/mol. The lowest BCUT2D eigenvalue weighted by molar-refractivity contribution is -0.120. The largest absolute Gasteiger partial charge is 0.359 e. The van der Waals surface area contributed by atoms with Crippen molar-refractivity contribution in [3.63, 3.8) is 0 Å². The second-order valence-corrected chi connectivity index (χ2v) is 3.38. The smallest absolute Gasteiger partial charge is 0.221 e. The van der Waals surface area contributed by atoms with E-state index in [4.69, 9.17) is 0 Å². The molecule has 0 aliphatic carbocycles. The molecule has 15 heavy (non-hydrogen) atoms. The van der Waals surface area contributed by atoms with Crippen molar-refractivity contribution in [2.45, 2.75) is 19.4 Å². The van der Waals surface area contributed by atoms with Gasteiger partial charge in [0.25, 0.3) is 0 Å². The summed E-state index contributed by atoms with van der Waals surface area (Å²) in [5.74, 6) is 0.0597. The number of pyridine rings is 1. The molecule has 0 saturated carbocycles. The molecule has 0 aliphatic rings. The van der Waals surface area contributed by atoms with Crippen molar-refractivity contribution >= 4 is 5.91 Å². The van der Waals surface area contributed by atoms with E-state index in [1.807, 2.05) is 12.1 Å². The van der Waals surface area contributed by atoms with Gasteiger partial charge in [-0.15, -0.1) is 0 Å². The zero-order valence-electron chi connectivity index (χ0n) is 9.16. The number of hydrogen-bond donors (Lipinski definition) is 2. The van der Waals surface area contributed by atoms with Gasteiger partial charge in [-0.3, -0.25) is 9.78 Å². The fourth-order valence-corrected chi connectivity index (χ4v) is 1.30. The van der Waals surface area contributed by atoms with Gasteiger partial charge in [0.1, 0.15) is 0 Å². The van der Waals surface area contributed by atoms with Crippen LogP contribution in [0.2, 0.25) is 0 Å². The molecule has 1 unspecified atom stereocenters. The molecule has 1 amide bonds. The van der Waals surface area contributed by atoms with Crippen LogP contribution in [-0.4, -0.2) is 24.5 Å². The average Bonchev–Trinajstić information content (AvgIpc) is 2.29. The molecule has 1 aromatic rings. The SMILES string of the molecule is CNC(=O)CCNC(C)c1ccncc1. The van der Waals surface area contributed by atoms with Crippen LogP contribution in [-0.2, 0) is 4.79 Å². The lowest BCUT2D eigenvalue weighted by Crippen LogP contribution is -2.26. The highest BCUT2D eigenvalue weighted by Gasteiger charge is 2.04. The van der Waals surface area contributed by atoms with Gasteiger partial charge in [-0.1, -0.05) is 0 Å². The molecular formula is C11H17N3O. The maximum Gasteiger partial charge on any atom is 0.221 e. The summed E-state index contributed by atoms with van der Waals surface area (Å²) < 4.78 is 0. The van der Waals surface area contributed by atoms with Crippen molar-refractivity contribution in [3.8, 4) is 0 Å². The predicted molar refractivity (Wildman–Crippen MR) is 59.3 cm³/mol. The highest BCUT2D eigenvalue weighted by molar-refractivity contribution is 5.75. The Morgan fingerprint density at radius 1 is 1.47 bits per heavy atom. The van der Waals surface area contributed by atoms with Crippen molar-refractivity contribution in [1.82, 2.24) is 15.6 Å². The summed E-state index contributed by atoms with van der Waals surface area (Å²) in [5.41, 5.74) is 1.18. The summed E-state index contributed by atoms with van der Waals surface area (Å²) in [6.45, 7) is 2.75. The van der Waals surface area contributed by atoms with Crippen molar-refractivity contribution < 1.29 is 4.79 Å². The zero-order chi connectivity index (χ0) is 11.1. The van der Waals surface area contributed by atoms with E-state index in [-0.39, 0.29) is 11.9 Å². The number of amides is 1. The van der Waals surface area contributed by atoms with Gasteiger partial charge >= 0.3 is 0 Å². The Morgan fingerprint density at radius 2 is 2.13 bits per heavy atom. The Morgan fingerprint density at radius 3 is 2.73 bits per heavy atom. The molecule has 1 aromatic heterocycles. The Labute approximate surface area is 90.1 Å². The minimum atomic E-state index is 0.0597. The quantitative estimate of drug-likeness (QED) is 0.753. The molecule has 1 heterocycles. The van der Waals surface area contributed by atoms with Gasteiger partial charge in [-0.25, -0.2) is 0 Å². The average molecular weight is 207 g/mol. The summed E-state index contributed by atoms with van der Waals surface area (Å²) >= 11 is 0. The number of carbonyl (C=O) groups excluding carboxylic acids is 1. The lowest BCUT2D eigenvalue weighted by atomic mass is 10.1. The Balaban J connectivity index is 2.31. The highest BCUT2D eigenvalue weighted by atomic mass is 16.1. The van der Waals surface area contributed by atoms with Crippen LogP contribution in [0.25, 0.3) is 0 Å². The third kappa shape index (κ3) is 4.08. The molecule has 0 fully saturated rings. The van der Waals surface area contributed by atoms with Crippen LogP contribution in [0.3, 0.4) is 0 Å². The zero-order valence-corrected chi connectivity index (χ0v) is 9.16. The van der Waals surface area contributed by atoms with Gasteiger partial charge in [0.2, 0.25) is 5.91 Å². The van der Waals surface area contributed by atoms with Crippen LogP contribution in [0.4, 0.5) is 0 Å². The highest BCUT2D eigenvalue weighted by Crippen LogP contribution is 2.09. The van der Waals surface area contributed by atoms with E-state index < -0.39 is 0 Å². The van der Waals surface area contributed by atoms with Crippen molar-refractivity contribution in [3.05, 3.63) is 30.1 Å². The van der Waals surface area contributed by atoms with Crippen molar-refractivity contribution in [2.24, 2.45) is 0 Å². The predicted octanol–water partition coefficient (Wildman–Crippen LogP) is 0.868. The van der Waals surface area contributed by atoms with Crippen LogP contribution in [0, 0.1) is 0 Å². The third-order valence-electron chi connectivity index (χ3n) is 2.29. The third-order valence-corrected chi connectivity index (χ3v) is 2.29. The normalized spacial score (nSPS) is 12.1. The van der Waals surface area contributed by atoms with E-state index in [1.54, 1.807) is 19.4 Å². The molecule has 0 aliphatic heterocycles. The van der Waals surface area contributed by atoms with E-state index >= 15 is 0 Å². The molecule has 4 heteroatoms. The molecule has 2 N–H and O–H groups in total. The second-order valence-electron chi connectivity index (χ2n) is 3.38. The maximum absolute atomic E-state index is 11.0. The first kappa shape index (κ1) is 11.7. The van der Waals surface area contributed by atoms with Gasteiger partial charge in [-0.05, 0) is 24.6 Å². The minimum Gasteiger partial charge on any atom is -0.359 e. The molecular weight excluding hydrogens is 190 g/mol. The van der Waals surface area contributed by atoms with E-state index in [0.717, 1.165) is 0 Å². The fraction of sp³-hybridized carbons (Fsp3) is 0.455. The van der Waals surface area contributed by atoms with Gasteiger partial charge in [0.15, 0.2) is 0 Å². The number of nitrogens with one attached hydrogen (secondary N) is 2. The van der Waals surface area contributed by atoms with Crippen LogP contribution in [0.15, 0.2) is 24.5 Å². The number of carbonyl (C=O) groups is 1. The first-order valence-electron chi connectivity index (χ1n) is 5.08. The summed E-state index contributed by atoms with van der Waals surface area (Å²) in [5, 5.41) is 5.87. The molecule has 0 saturated heterocycles. The molecule has 0 bridgehead atoms. The summed E-state index contributed by atoms with van der Waals surface area (Å²) in [6.07, 6.45) is 4.05.